The Balaban J connectivity index is 1.82. The zero-order valence-corrected chi connectivity index (χ0v) is 9.80. The van der Waals surface area contributed by atoms with Gasteiger partial charge in [0.15, 0.2) is 0 Å². The van der Waals surface area contributed by atoms with Crippen molar-refractivity contribution in [3.05, 3.63) is 30.1 Å². The summed E-state index contributed by atoms with van der Waals surface area (Å²) >= 11 is 1.47. The van der Waals surface area contributed by atoms with Crippen LogP contribution in [0.25, 0.3) is 0 Å². The second-order valence-corrected chi connectivity index (χ2v) is 4.88. The average molecular weight is 239 g/mol. The number of carbonyl (C=O) groups is 1. The molecule has 2 rings (SSSR count). The number of hydrogen-bond acceptors (Lipinski definition) is 2. The van der Waals surface area contributed by atoms with Crippen molar-refractivity contribution in [3.63, 3.8) is 0 Å². The maximum Gasteiger partial charge on any atom is 0.232 e. The minimum atomic E-state index is -0.241. The number of likely N-dealkylation sites (tertiary alicyclic amines) is 1. The maximum absolute atomic E-state index is 12.6. The first-order valence-corrected chi connectivity index (χ1v) is 6.40. The number of hydrogen-bond donors (Lipinski definition) is 0. The Morgan fingerprint density at radius 1 is 1.25 bits per heavy atom. The molecule has 4 heteroatoms. The van der Waals surface area contributed by atoms with Crippen molar-refractivity contribution >= 4 is 17.7 Å². The van der Waals surface area contributed by atoms with E-state index < -0.39 is 0 Å². The van der Waals surface area contributed by atoms with E-state index in [9.17, 15) is 9.18 Å². The Morgan fingerprint density at radius 3 is 2.50 bits per heavy atom. The molecule has 1 aliphatic rings. The van der Waals surface area contributed by atoms with Gasteiger partial charge in [-0.2, -0.15) is 0 Å². The lowest BCUT2D eigenvalue weighted by Crippen LogP contribution is -2.29. The van der Waals surface area contributed by atoms with Gasteiger partial charge in [-0.1, -0.05) is 0 Å². The van der Waals surface area contributed by atoms with Crippen LogP contribution in [0.1, 0.15) is 12.8 Å². The highest BCUT2D eigenvalue weighted by Gasteiger charge is 2.17. The molecule has 0 radical (unpaired) electrons. The van der Waals surface area contributed by atoms with Gasteiger partial charge in [0.05, 0.1) is 5.75 Å². The second-order valence-electron chi connectivity index (χ2n) is 3.83. The van der Waals surface area contributed by atoms with E-state index in [0.717, 1.165) is 30.8 Å². The summed E-state index contributed by atoms with van der Waals surface area (Å²) in [4.78, 5) is 14.6. The number of carbonyl (C=O) groups excluding carboxylic acids is 1. The summed E-state index contributed by atoms with van der Waals surface area (Å²) in [5.74, 6) is 0.396. The summed E-state index contributed by atoms with van der Waals surface area (Å²) in [5.41, 5.74) is 0. The Kier molecular flexibility index (Phi) is 3.83. The van der Waals surface area contributed by atoms with Gasteiger partial charge in [0.2, 0.25) is 5.91 Å². The largest absolute Gasteiger partial charge is 0.342 e. The van der Waals surface area contributed by atoms with E-state index in [1.807, 2.05) is 4.90 Å². The summed E-state index contributed by atoms with van der Waals surface area (Å²) in [6.45, 7) is 1.78. The molecule has 0 atom stereocenters. The smallest absolute Gasteiger partial charge is 0.232 e. The first-order valence-electron chi connectivity index (χ1n) is 5.42. The molecule has 1 amide bonds. The van der Waals surface area contributed by atoms with Gasteiger partial charge in [-0.25, -0.2) is 4.39 Å². The molecule has 0 bridgehead atoms. The molecule has 1 fully saturated rings. The topological polar surface area (TPSA) is 20.3 Å². The van der Waals surface area contributed by atoms with Crippen LogP contribution >= 0.6 is 11.8 Å². The quantitative estimate of drug-likeness (QED) is 0.755. The molecule has 1 aliphatic heterocycles. The third-order valence-electron chi connectivity index (χ3n) is 2.63. The summed E-state index contributed by atoms with van der Waals surface area (Å²) in [6, 6.07) is 6.25. The van der Waals surface area contributed by atoms with Crippen molar-refractivity contribution in [2.24, 2.45) is 0 Å². The molecule has 1 heterocycles. The molecule has 1 aromatic rings. The highest BCUT2D eigenvalue weighted by Crippen LogP contribution is 2.19. The third-order valence-corrected chi connectivity index (χ3v) is 3.63. The lowest BCUT2D eigenvalue weighted by Gasteiger charge is -2.14. The number of thioether (sulfide) groups is 1. The molecule has 1 saturated heterocycles. The number of rotatable bonds is 3. The summed E-state index contributed by atoms with van der Waals surface area (Å²) in [6.07, 6.45) is 2.24. The molecule has 0 aromatic heterocycles. The van der Waals surface area contributed by atoms with Gasteiger partial charge < -0.3 is 4.90 Å². The van der Waals surface area contributed by atoms with E-state index >= 15 is 0 Å². The minimum absolute atomic E-state index is 0.187. The molecule has 1 aromatic carbocycles. The lowest BCUT2D eigenvalue weighted by atomic mass is 10.4. The monoisotopic (exact) mass is 239 g/mol. The van der Waals surface area contributed by atoms with E-state index in [4.69, 9.17) is 0 Å². The molecule has 0 spiro atoms. The van der Waals surface area contributed by atoms with Crippen molar-refractivity contribution in [3.8, 4) is 0 Å². The fourth-order valence-corrected chi connectivity index (χ4v) is 2.53. The molecule has 16 heavy (non-hydrogen) atoms. The van der Waals surface area contributed by atoms with Crippen molar-refractivity contribution < 1.29 is 9.18 Å². The zero-order valence-electron chi connectivity index (χ0n) is 8.99. The van der Waals surface area contributed by atoms with Crippen LogP contribution in [0.15, 0.2) is 29.2 Å². The molecule has 86 valence electrons. The van der Waals surface area contributed by atoms with Crippen molar-refractivity contribution in [1.29, 1.82) is 0 Å². The molecular weight excluding hydrogens is 225 g/mol. The second kappa shape index (κ2) is 5.34. The highest BCUT2D eigenvalue weighted by molar-refractivity contribution is 8.00. The average Bonchev–Trinajstić information content (AvgIpc) is 2.81. The van der Waals surface area contributed by atoms with Gasteiger partial charge in [0, 0.05) is 18.0 Å². The number of nitrogens with zero attached hydrogens (tertiary/aromatic N) is 1. The van der Waals surface area contributed by atoms with Gasteiger partial charge in [0.1, 0.15) is 5.82 Å². The molecule has 0 aliphatic carbocycles. The normalized spacial score (nSPS) is 15.4. The van der Waals surface area contributed by atoms with E-state index in [1.54, 1.807) is 12.1 Å². The van der Waals surface area contributed by atoms with E-state index in [0.29, 0.717) is 5.75 Å². The Morgan fingerprint density at radius 2 is 1.88 bits per heavy atom. The van der Waals surface area contributed by atoms with Crippen LogP contribution in [-0.2, 0) is 4.79 Å². The fraction of sp³-hybridized carbons (Fsp3) is 0.417. The van der Waals surface area contributed by atoms with Gasteiger partial charge in [-0.3, -0.25) is 4.79 Å². The van der Waals surface area contributed by atoms with Crippen LogP contribution in [0.2, 0.25) is 0 Å². The lowest BCUT2D eigenvalue weighted by molar-refractivity contribution is -0.127. The van der Waals surface area contributed by atoms with E-state index in [2.05, 4.69) is 0 Å². The van der Waals surface area contributed by atoms with Gasteiger partial charge >= 0.3 is 0 Å². The maximum atomic E-state index is 12.6. The van der Waals surface area contributed by atoms with E-state index in [1.165, 1.54) is 23.9 Å². The SMILES string of the molecule is O=C(CSc1ccc(F)cc1)N1CCCC1. The number of halogens is 1. The molecule has 0 saturated carbocycles. The molecule has 0 unspecified atom stereocenters. The predicted molar refractivity (Wildman–Crippen MR) is 62.9 cm³/mol. The number of benzene rings is 1. The van der Waals surface area contributed by atoms with Crippen LogP contribution in [-0.4, -0.2) is 29.6 Å². The van der Waals surface area contributed by atoms with Gasteiger partial charge in [-0.15, -0.1) is 11.8 Å². The molecule has 2 nitrogen and oxygen atoms in total. The predicted octanol–water partition coefficient (Wildman–Crippen LogP) is 2.54. The highest BCUT2D eigenvalue weighted by atomic mass is 32.2. The first-order chi connectivity index (χ1) is 7.75. The van der Waals surface area contributed by atoms with Crippen molar-refractivity contribution in [2.75, 3.05) is 18.8 Å². The van der Waals surface area contributed by atoms with E-state index in [-0.39, 0.29) is 11.7 Å². The van der Waals surface area contributed by atoms with Crippen LogP contribution < -0.4 is 0 Å². The Hall–Kier alpha value is -1.03. The van der Waals surface area contributed by atoms with Crippen LogP contribution in [0.5, 0.6) is 0 Å². The summed E-state index contributed by atoms with van der Waals surface area (Å²) < 4.78 is 12.6. The zero-order chi connectivity index (χ0) is 11.4. The van der Waals surface area contributed by atoms with Crippen molar-refractivity contribution in [2.45, 2.75) is 17.7 Å². The number of amides is 1. The Labute approximate surface area is 98.8 Å². The standard InChI is InChI=1S/C12H14FNOS/c13-10-3-5-11(6-4-10)16-9-12(15)14-7-1-2-8-14/h3-6H,1-2,7-9H2. The van der Waals surface area contributed by atoms with Gasteiger partial charge in [0.25, 0.3) is 0 Å². The van der Waals surface area contributed by atoms with Crippen LogP contribution in [0.3, 0.4) is 0 Å². The summed E-state index contributed by atoms with van der Waals surface area (Å²) in [5, 5.41) is 0. The molecule has 0 N–H and O–H groups in total. The van der Waals surface area contributed by atoms with Gasteiger partial charge in [-0.05, 0) is 37.1 Å². The minimum Gasteiger partial charge on any atom is -0.342 e. The van der Waals surface area contributed by atoms with Crippen LogP contribution in [0.4, 0.5) is 4.39 Å². The Bertz CT molecular complexity index is 360. The molecular formula is C12H14FNOS. The third kappa shape index (κ3) is 2.98. The summed E-state index contributed by atoms with van der Waals surface area (Å²) in [7, 11) is 0. The first kappa shape index (κ1) is 11.5. The van der Waals surface area contributed by atoms with Crippen LogP contribution in [0, 0.1) is 5.82 Å². The fourth-order valence-electron chi connectivity index (χ4n) is 1.73. The van der Waals surface area contributed by atoms with Crippen molar-refractivity contribution in [1.82, 2.24) is 4.90 Å².